The van der Waals surface area contributed by atoms with Gasteiger partial charge in [-0.15, -0.1) is 0 Å². The van der Waals surface area contributed by atoms with Crippen LogP contribution in [0.2, 0.25) is 0 Å². The second kappa shape index (κ2) is 12.6. The van der Waals surface area contributed by atoms with Crippen LogP contribution in [0.3, 0.4) is 0 Å². The molecule has 4 heterocycles. The molecule has 5 N–H and O–H groups in total. The maximum atomic E-state index is 14.1. The smallest absolute Gasteiger partial charge is 0.390 e. The monoisotopic (exact) mass is 617 g/mol. The molecule has 3 aromatic heterocycles. The number of aromatic amines is 1. The molecule has 1 aliphatic rings. The van der Waals surface area contributed by atoms with Gasteiger partial charge >= 0.3 is 7.75 Å². The van der Waals surface area contributed by atoms with E-state index >= 15 is 0 Å². The summed E-state index contributed by atoms with van der Waals surface area (Å²) in [5, 5.41) is 19.9. The summed E-state index contributed by atoms with van der Waals surface area (Å²) in [5.41, 5.74) is 9.11. The van der Waals surface area contributed by atoms with Crippen LogP contribution in [0.4, 0.5) is 5.82 Å². The van der Waals surface area contributed by atoms with E-state index in [1.165, 1.54) is 6.33 Å². The number of ether oxygens (including phenoxy) is 1. The first kappa shape index (κ1) is 30.1. The number of para-hydroxylation sites is 1. The number of nitrogens with two attached hydrogens (primary N) is 1. The topological polar surface area (TPSA) is 161 Å². The molecule has 44 heavy (non-hydrogen) atoms. The fraction of sp³-hybridized carbons (Fsp3) is 0.323. The van der Waals surface area contributed by atoms with Crippen LogP contribution in [-0.2, 0) is 37.0 Å². The van der Waals surface area contributed by atoms with E-state index in [1.807, 2.05) is 73.8 Å². The predicted octanol–water partition coefficient (Wildman–Crippen LogP) is 4.26. The van der Waals surface area contributed by atoms with E-state index in [-0.39, 0.29) is 13.2 Å². The van der Waals surface area contributed by atoms with Gasteiger partial charge in [0.05, 0.1) is 25.0 Å². The first-order valence-electron chi connectivity index (χ1n) is 14.4. The summed E-state index contributed by atoms with van der Waals surface area (Å²) in [6.45, 7) is 2.08. The molecular weight excluding hydrogens is 581 g/mol. The highest BCUT2D eigenvalue weighted by atomic mass is 31.2. The van der Waals surface area contributed by atoms with Gasteiger partial charge in [0.25, 0.3) is 0 Å². The van der Waals surface area contributed by atoms with Crippen LogP contribution in [0, 0.1) is 5.92 Å². The van der Waals surface area contributed by atoms with Crippen LogP contribution in [0.15, 0.2) is 84.2 Å². The molecule has 1 aliphatic heterocycles. The Labute approximate surface area is 254 Å². The van der Waals surface area contributed by atoms with Gasteiger partial charge in [0, 0.05) is 42.8 Å². The summed E-state index contributed by atoms with van der Waals surface area (Å²) in [7, 11) is -2.22. The molecule has 230 valence electrons. The number of nitrogens with zero attached hydrogens (tertiary/aromatic N) is 4. The van der Waals surface area contributed by atoms with E-state index in [0.29, 0.717) is 30.0 Å². The molecule has 0 aliphatic carbocycles. The van der Waals surface area contributed by atoms with Gasteiger partial charge in [0.15, 0.2) is 11.4 Å². The van der Waals surface area contributed by atoms with Gasteiger partial charge in [-0.2, -0.15) is 5.10 Å². The lowest BCUT2D eigenvalue weighted by atomic mass is 9.84. The number of aliphatic hydroxyl groups is 1. The van der Waals surface area contributed by atoms with Gasteiger partial charge in [-0.3, -0.25) is 14.0 Å². The number of aromatic nitrogens is 4. The molecule has 6 rings (SSSR count). The number of rotatable bonds is 12. The van der Waals surface area contributed by atoms with Crippen molar-refractivity contribution in [3.8, 4) is 0 Å². The first-order valence-corrected chi connectivity index (χ1v) is 16.0. The molecule has 5 atom stereocenters. The molecule has 1 fully saturated rings. The van der Waals surface area contributed by atoms with Crippen molar-refractivity contribution >= 4 is 36.2 Å². The normalized spacial score (nSPS) is 23.6. The van der Waals surface area contributed by atoms with E-state index < -0.39 is 31.5 Å². The molecule has 0 radical (unpaired) electrons. The molecule has 0 bridgehead atoms. The molecule has 1 saturated heterocycles. The molecule has 13 heteroatoms. The lowest BCUT2D eigenvalue weighted by Crippen LogP contribution is -2.37. The Kier molecular flexibility index (Phi) is 8.64. The van der Waals surface area contributed by atoms with Crippen LogP contribution >= 0.6 is 7.75 Å². The number of nitrogen functional groups attached to an aromatic ring is 1. The third-order valence-electron chi connectivity index (χ3n) is 8.15. The number of anilines is 1. The number of aliphatic imine (C=N–C) groups is 1. The van der Waals surface area contributed by atoms with Gasteiger partial charge in [-0.25, -0.2) is 19.2 Å². The minimum atomic E-state index is -3.85. The third kappa shape index (κ3) is 5.80. The van der Waals surface area contributed by atoms with Crippen molar-refractivity contribution in [1.29, 1.82) is 0 Å². The van der Waals surface area contributed by atoms with Crippen LogP contribution in [0.25, 0.3) is 16.4 Å². The van der Waals surface area contributed by atoms with E-state index in [1.54, 1.807) is 23.8 Å². The van der Waals surface area contributed by atoms with Crippen molar-refractivity contribution in [2.24, 2.45) is 10.9 Å². The molecule has 0 amide bonds. The van der Waals surface area contributed by atoms with Gasteiger partial charge in [0.2, 0.25) is 0 Å². The standard InChI is InChI=1S/C31H36N7O5P/c1-21-29(39)27(43-31(21,19-33-2)28-13-12-26-30(32)35-20-36-38(26)28)18-42-44(40,41-17-22-8-4-3-5-9-22)37-15-14-23-16-34-25-11-7-6-10-24(23)25/h3-13,16,19-21,27,29,34,39H,14-15,17-18H2,1-2H3,(H,37,40)(H2,32,35,36). The maximum absolute atomic E-state index is 14.1. The number of hydrogen-bond donors (Lipinski definition) is 4. The minimum Gasteiger partial charge on any atom is -0.390 e. The molecule has 12 nitrogen and oxygen atoms in total. The van der Waals surface area contributed by atoms with Crippen molar-refractivity contribution in [2.75, 3.05) is 25.9 Å². The Morgan fingerprint density at radius 1 is 1.18 bits per heavy atom. The molecule has 0 spiro atoms. The summed E-state index contributed by atoms with van der Waals surface area (Å²) in [4.78, 5) is 11.6. The Bertz CT molecular complexity index is 1810. The van der Waals surface area contributed by atoms with Gasteiger partial charge in [-0.1, -0.05) is 55.5 Å². The van der Waals surface area contributed by atoms with Gasteiger partial charge in [-0.05, 0) is 35.7 Å². The van der Waals surface area contributed by atoms with Crippen LogP contribution < -0.4 is 10.8 Å². The Morgan fingerprint density at radius 2 is 1.98 bits per heavy atom. The summed E-state index contributed by atoms with van der Waals surface area (Å²) in [5.74, 6) is -0.148. The second-order valence-corrected chi connectivity index (χ2v) is 12.7. The Hall–Kier alpha value is -3.90. The fourth-order valence-corrected chi connectivity index (χ4v) is 7.09. The van der Waals surface area contributed by atoms with Crippen molar-refractivity contribution in [2.45, 2.75) is 37.8 Å². The Balaban J connectivity index is 1.20. The first-order chi connectivity index (χ1) is 21.3. The molecular formula is C31H36N7O5P. The van der Waals surface area contributed by atoms with Crippen molar-refractivity contribution in [3.63, 3.8) is 0 Å². The zero-order valence-corrected chi connectivity index (χ0v) is 25.4. The molecule has 5 aromatic rings. The van der Waals surface area contributed by atoms with E-state index in [9.17, 15) is 9.67 Å². The average molecular weight is 618 g/mol. The number of hydrogen-bond acceptors (Lipinski definition) is 9. The van der Waals surface area contributed by atoms with Crippen LogP contribution in [0.5, 0.6) is 0 Å². The lowest BCUT2D eigenvalue weighted by molar-refractivity contribution is -0.0445. The van der Waals surface area contributed by atoms with Crippen molar-refractivity contribution < 1.29 is 23.5 Å². The number of fused-ring (bicyclic) bond motifs is 2. The van der Waals surface area contributed by atoms with Crippen molar-refractivity contribution in [1.82, 2.24) is 24.7 Å². The summed E-state index contributed by atoms with van der Waals surface area (Å²) in [6.07, 6.45) is 3.72. The van der Waals surface area contributed by atoms with E-state index in [4.69, 9.17) is 19.5 Å². The van der Waals surface area contributed by atoms with Gasteiger partial charge in [0.1, 0.15) is 17.9 Å². The summed E-state index contributed by atoms with van der Waals surface area (Å²) < 4.78 is 34.1. The highest BCUT2D eigenvalue weighted by Crippen LogP contribution is 2.48. The van der Waals surface area contributed by atoms with E-state index in [0.717, 1.165) is 22.0 Å². The molecule has 5 unspecified atom stereocenters. The number of H-pyrrole nitrogens is 1. The van der Waals surface area contributed by atoms with E-state index in [2.05, 4.69) is 25.1 Å². The summed E-state index contributed by atoms with van der Waals surface area (Å²) >= 11 is 0. The maximum Gasteiger partial charge on any atom is 0.405 e. The highest BCUT2D eigenvalue weighted by Gasteiger charge is 2.54. The zero-order valence-electron chi connectivity index (χ0n) is 24.5. The third-order valence-corrected chi connectivity index (χ3v) is 9.72. The highest BCUT2D eigenvalue weighted by molar-refractivity contribution is 7.51. The lowest BCUT2D eigenvalue weighted by Gasteiger charge is -2.29. The predicted molar refractivity (Wildman–Crippen MR) is 168 cm³/mol. The Morgan fingerprint density at radius 3 is 2.80 bits per heavy atom. The summed E-state index contributed by atoms with van der Waals surface area (Å²) in [6, 6.07) is 21.1. The number of aliphatic hydroxyl groups excluding tert-OH is 1. The van der Waals surface area contributed by atoms with Crippen molar-refractivity contribution in [3.05, 3.63) is 96.1 Å². The quantitative estimate of drug-likeness (QED) is 0.118. The largest absolute Gasteiger partial charge is 0.405 e. The zero-order chi connectivity index (χ0) is 30.7. The molecule has 2 aromatic carbocycles. The number of benzene rings is 2. The fourth-order valence-electron chi connectivity index (χ4n) is 5.78. The average Bonchev–Trinajstić information content (AvgIpc) is 3.73. The second-order valence-electron chi connectivity index (χ2n) is 10.8. The minimum absolute atomic E-state index is 0.0758. The van der Waals surface area contributed by atoms with Crippen LogP contribution in [-0.4, -0.2) is 63.3 Å². The van der Waals surface area contributed by atoms with Crippen LogP contribution in [0.1, 0.15) is 23.7 Å². The number of nitrogens with one attached hydrogen (secondary N) is 2. The SMILES string of the molecule is CN=CC1(c2ccc3c(N)ncnn23)OC(COP(=O)(NCCc2c[nH]c3ccccc23)OCc2ccccc2)C(O)C1C. The van der Waals surface area contributed by atoms with Gasteiger partial charge < -0.3 is 20.6 Å². The molecule has 0 saturated carbocycles.